The fourth-order valence-corrected chi connectivity index (χ4v) is 3.26. The summed E-state index contributed by atoms with van der Waals surface area (Å²) in [6.45, 7) is 5.50. The monoisotopic (exact) mass is 512 g/mol. The first kappa shape index (κ1) is 23.1. The summed E-state index contributed by atoms with van der Waals surface area (Å²) in [5.41, 5.74) is 3.15. The summed E-state index contributed by atoms with van der Waals surface area (Å²) in [6, 6.07) is 8.19. The second-order valence-electron chi connectivity index (χ2n) is 6.65. The first-order chi connectivity index (χ1) is 13.6. The number of rotatable bonds is 6. The molecule has 1 aliphatic rings. The third kappa shape index (κ3) is 5.92. The Morgan fingerprint density at radius 1 is 1.28 bits per heavy atom. The zero-order chi connectivity index (χ0) is 19.9. The standard InChI is InChI=1S/C20H28N6O2.HI/c1-4-28-15-17-8-6-5-7-16(17)11-22-20(21-2)25-9-10-26(19(27)14-25)18-12-23-24(3)13-18;/h5-8,12-13H,4,9-11,14-15H2,1-3H3,(H,21,22);1H. The lowest BCUT2D eigenvalue weighted by molar-refractivity contribution is -0.120. The van der Waals surface area contributed by atoms with E-state index in [-0.39, 0.29) is 36.4 Å². The molecular formula is C20H29IN6O2. The molecular weight excluding hydrogens is 483 g/mol. The van der Waals surface area contributed by atoms with Gasteiger partial charge < -0.3 is 19.9 Å². The number of aromatic nitrogens is 2. The molecule has 9 heteroatoms. The van der Waals surface area contributed by atoms with Gasteiger partial charge in [-0.15, -0.1) is 24.0 Å². The van der Waals surface area contributed by atoms with Crippen molar-refractivity contribution in [3.63, 3.8) is 0 Å². The fourth-order valence-electron chi connectivity index (χ4n) is 3.26. The number of guanidine groups is 1. The topological polar surface area (TPSA) is 75.0 Å². The van der Waals surface area contributed by atoms with E-state index < -0.39 is 0 Å². The number of nitrogens with one attached hydrogen (secondary N) is 1. The number of halogens is 1. The quantitative estimate of drug-likeness (QED) is 0.364. The molecule has 8 nitrogen and oxygen atoms in total. The van der Waals surface area contributed by atoms with E-state index in [1.165, 1.54) is 0 Å². The van der Waals surface area contributed by atoms with Crippen molar-refractivity contribution >= 4 is 41.5 Å². The highest BCUT2D eigenvalue weighted by Gasteiger charge is 2.27. The molecule has 0 aliphatic carbocycles. The first-order valence-electron chi connectivity index (χ1n) is 9.51. The number of carbonyl (C=O) groups excluding carboxylic acids is 1. The molecule has 1 saturated heterocycles. The van der Waals surface area contributed by atoms with Crippen LogP contribution >= 0.6 is 24.0 Å². The lowest BCUT2D eigenvalue weighted by Crippen LogP contribution is -2.55. The number of hydrogen-bond acceptors (Lipinski definition) is 4. The predicted molar refractivity (Wildman–Crippen MR) is 125 cm³/mol. The van der Waals surface area contributed by atoms with Crippen LogP contribution in [0, 0.1) is 0 Å². The second-order valence-corrected chi connectivity index (χ2v) is 6.65. The highest BCUT2D eigenvalue weighted by molar-refractivity contribution is 14.0. The van der Waals surface area contributed by atoms with Crippen molar-refractivity contribution in [3.05, 3.63) is 47.8 Å². The van der Waals surface area contributed by atoms with E-state index in [9.17, 15) is 4.79 Å². The van der Waals surface area contributed by atoms with Crippen LogP contribution in [0.5, 0.6) is 0 Å². The summed E-state index contributed by atoms with van der Waals surface area (Å²) >= 11 is 0. The van der Waals surface area contributed by atoms with Crippen LogP contribution in [0.4, 0.5) is 5.69 Å². The molecule has 2 aromatic rings. The Morgan fingerprint density at radius 3 is 2.66 bits per heavy atom. The van der Waals surface area contributed by atoms with Gasteiger partial charge in [-0.05, 0) is 18.1 Å². The normalized spacial score (nSPS) is 14.7. The van der Waals surface area contributed by atoms with Gasteiger partial charge >= 0.3 is 0 Å². The van der Waals surface area contributed by atoms with Crippen molar-refractivity contribution in [3.8, 4) is 0 Å². The zero-order valence-electron chi connectivity index (χ0n) is 17.2. The Hall–Kier alpha value is -2.14. The van der Waals surface area contributed by atoms with Gasteiger partial charge in [0.15, 0.2) is 5.96 Å². The number of carbonyl (C=O) groups is 1. The highest BCUT2D eigenvalue weighted by Crippen LogP contribution is 2.16. The fraction of sp³-hybridized carbons (Fsp3) is 0.450. The van der Waals surface area contributed by atoms with Crippen LogP contribution in [-0.4, -0.2) is 59.8 Å². The molecule has 1 fully saturated rings. The number of ether oxygens (including phenoxy) is 1. The first-order valence-corrected chi connectivity index (χ1v) is 9.51. The van der Waals surface area contributed by atoms with Crippen LogP contribution < -0.4 is 10.2 Å². The van der Waals surface area contributed by atoms with Crippen LogP contribution in [0.25, 0.3) is 0 Å². The van der Waals surface area contributed by atoms with Crippen molar-refractivity contribution in [2.75, 3.05) is 38.2 Å². The molecule has 3 rings (SSSR count). The maximum Gasteiger partial charge on any atom is 0.246 e. The highest BCUT2D eigenvalue weighted by atomic mass is 127. The largest absolute Gasteiger partial charge is 0.377 e. The van der Waals surface area contributed by atoms with Gasteiger partial charge in [0.25, 0.3) is 0 Å². The number of amides is 1. The van der Waals surface area contributed by atoms with Gasteiger partial charge in [-0.25, -0.2) is 0 Å². The minimum Gasteiger partial charge on any atom is -0.377 e. The SMILES string of the molecule is CCOCc1ccccc1CNC(=NC)N1CCN(c2cnn(C)c2)C(=O)C1.I. The molecule has 0 saturated carbocycles. The van der Waals surface area contributed by atoms with Crippen LogP contribution in [0.15, 0.2) is 41.7 Å². The molecule has 1 aromatic carbocycles. The van der Waals surface area contributed by atoms with Crippen molar-refractivity contribution < 1.29 is 9.53 Å². The lowest BCUT2D eigenvalue weighted by Gasteiger charge is -2.35. The summed E-state index contributed by atoms with van der Waals surface area (Å²) in [6.07, 6.45) is 3.58. The molecule has 2 heterocycles. The number of piperazine rings is 1. The molecule has 158 valence electrons. The maximum atomic E-state index is 12.6. The van der Waals surface area contributed by atoms with Crippen molar-refractivity contribution in [2.45, 2.75) is 20.1 Å². The van der Waals surface area contributed by atoms with Crippen LogP contribution in [0.2, 0.25) is 0 Å². The molecule has 0 atom stereocenters. The third-order valence-corrected chi connectivity index (χ3v) is 4.75. The van der Waals surface area contributed by atoms with Gasteiger partial charge in [0.2, 0.25) is 5.91 Å². The van der Waals surface area contributed by atoms with Gasteiger partial charge in [0.05, 0.1) is 18.5 Å². The Kier molecular flexibility index (Phi) is 8.90. The Morgan fingerprint density at radius 2 is 2.03 bits per heavy atom. The average Bonchev–Trinajstić information content (AvgIpc) is 3.13. The molecule has 1 aromatic heterocycles. The summed E-state index contributed by atoms with van der Waals surface area (Å²) in [4.78, 5) is 20.8. The van der Waals surface area contributed by atoms with Crippen LogP contribution in [0.1, 0.15) is 18.1 Å². The molecule has 1 aliphatic heterocycles. The second kappa shape index (κ2) is 11.1. The van der Waals surface area contributed by atoms with E-state index in [0.717, 1.165) is 22.8 Å². The van der Waals surface area contributed by atoms with Gasteiger partial charge in [-0.2, -0.15) is 5.10 Å². The van der Waals surface area contributed by atoms with Gasteiger partial charge in [-0.3, -0.25) is 14.5 Å². The molecule has 0 unspecified atom stereocenters. The summed E-state index contributed by atoms with van der Waals surface area (Å²) < 4.78 is 7.26. The molecule has 29 heavy (non-hydrogen) atoms. The van der Waals surface area contributed by atoms with E-state index in [2.05, 4.69) is 27.5 Å². The number of benzene rings is 1. The molecule has 0 bridgehead atoms. The van der Waals surface area contributed by atoms with Gasteiger partial charge in [0.1, 0.15) is 6.54 Å². The van der Waals surface area contributed by atoms with Gasteiger partial charge in [-0.1, -0.05) is 24.3 Å². The Bertz CT molecular complexity index is 838. The number of aryl methyl sites for hydroxylation is 1. The van der Waals surface area contributed by atoms with Crippen LogP contribution in [0.3, 0.4) is 0 Å². The third-order valence-electron chi connectivity index (χ3n) is 4.75. The number of nitrogens with zero attached hydrogens (tertiary/aromatic N) is 5. The predicted octanol–water partition coefficient (Wildman–Crippen LogP) is 2.00. The zero-order valence-corrected chi connectivity index (χ0v) is 19.5. The average molecular weight is 512 g/mol. The Labute approximate surface area is 188 Å². The van der Waals surface area contributed by atoms with E-state index >= 15 is 0 Å². The van der Waals surface area contributed by atoms with Crippen molar-refractivity contribution in [1.29, 1.82) is 0 Å². The summed E-state index contributed by atoms with van der Waals surface area (Å²) in [5, 5.41) is 7.54. The number of anilines is 1. The van der Waals surface area contributed by atoms with Crippen molar-refractivity contribution in [1.82, 2.24) is 20.0 Å². The lowest BCUT2D eigenvalue weighted by atomic mass is 10.1. The van der Waals surface area contributed by atoms with Gasteiger partial charge in [0, 0.05) is 46.5 Å². The molecule has 1 amide bonds. The number of aliphatic imine (C=N–C) groups is 1. The number of hydrogen-bond donors (Lipinski definition) is 1. The smallest absolute Gasteiger partial charge is 0.246 e. The van der Waals surface area contributed by atoms with E-state index in [0.29, 0.717) is 32.8 Å². The molecule has 0 spiro atoms. The van der Waals surface area contributed by atoms with Crippen molar-refractivity contribution in [2.24, 2.45) is 12.0 Å². The molecule has 1 N–H and O–H groups in total. The minimum atomic E-state index is 0. The summed E-state index contributed by atoms with van der Waals surface area (Å²) in [5.74, 6) is 0.768. The minimum absolute atomic E-state index is 0. The van der Waals surface area contributed by atoms with E-state index in [1.54, 1.807) is 22.8 Å². The maximum absolute atomic E-state index is 12.6. The molecule has 0 radical (unpaired) electrons. The van der Waals surface area contributed by atoms with Crippen LogP contribution in [-0.2, 0) is 29.7 Å². The summed E-state index contributed by atoms with van der Waals surface area (Å²) in [7, 11) is 3.59. The Balaban J connectivity index is 0.00000300. The van der Waals surface area contributed by atoms with E-state index in [1.807, 2.05) is 37.2 Å². The van der Waals surface area contributed by atoms with E-state index in [4.69, 9.17) is 4.74 Å².